The predicted molar refractivity (Wildman–Crippen MR) is 71.8 cm³/mol. The fourth-order valence-corrected chi connectivity index (χ4v) is 1.76. The zero-order chi connectivity index (χ0) is 13.3. The molecule has 0 aromatic carbocycles. The number of nitrogens with two attached hydrogens (primary N) is 1. The maximum absolute atomic E-state index is 11.9. The molecular formula is C14H29NO2. The number of carbonyl (C=O) groups is 1. The summed E-state index contributed by atoms with van der Waals surface area (Å²) in [5.74, 6) is -0.245. The van der Waals surface area contributed by atoms with Crippen LogP contribution in [0.25, 0.3) is 0 Å². The minimum atomic E-state index is -0.794. The van der Waals surface area contributed by atoms with Crippen LogP contribution in [0.2, 0.25) is 0 Å². The molecule has 2 N–H and O–H groups in total. The molecule has 0 aromatic rings. The summed E-state index contributed by atoms with van der Waals surface area (Å²) in [4.78, 5) is 11.9. The van der Waals surface area contributed by atoms with Crippen molar-refractivity contribution < 1.29 is 9.53 Å². The lowest BCUT2D eigenvalue weighted by atomic mass is 9.94. The molecule has 1 atom stereocenters. The number of ether oxygens (including phenoxy) is 1. The predicted octanol–water partition coefficient (Wildman–Crippen LogP) is 3.41. The molecule has 0 radical (unpaired) electrons. The standard InChI is InChI=1S/C14H29NO2/c1-5-8-9-10-11-12(4)17-13(16)14(15,6-2)7-3/h12H,5-11,15H2,1-4H3. The lowest BCUT2D eigenvalue weighted by Gasteiger charge is -2.26. The number of carbonyl (C=O) groups excluding carboxylic acids is 1. The molecule has 0 fully saturated rings. The van der Waals surface area contributed by atoms with Crippen LogP contribution in [0.15, 0.2) is 0 Å². The van der Waals surface area contributed by atoms with E-state index in [2.05, 4.69) is 6.92 Å². The van der Waals surface area contributed by atoms with E-state index in [9.17, 15) is 4.79 Å². The largest absolute Gasteiger partial charge is 0.461 e. The van der Waals surface area contributed by atoms with Crippen molar-refractivity contribution >= 4 is 5.97 Å². The van der Waals surface area contributed by atoms with Gasteiger partial charge in [-0.3, -0.25) is 4.79 Å². The fourth-order valence-electron chi connectivity index (χ4n) is 1.76. The summed E-state index contributed by atoms with van der Waals surface area (Å²) >= 11 is 0. The van der Waals surface area contributed by atoms with Gasteiger partial charge in [-0.1, -0.05) is 40.0 Å². The molecule has 0 bridgehead atoms. The molecule has 1 unspecified atom stereocenters. The molecule has 0 saturated carbocycles. The number of rotatable bonds is 9. The minimum Gasteiger partial charge on any atom is -0.461 e. The first-order valence-corrected chi connectivity index (χ1v) is 7.00. The second-order valence-corrected chi connectivity index (χ2v) is 4.93. The molecule has 0 aliphatic rings. The second-order valence-electron chi connectivity index (χ2n) is 4.93. The molecule has 0 amide bonds. The Balaban J connectivity index is 3.94. The summed E-state index contributed by atoms with van der Waals surface area (Å²) in [6, 6.07) is 0. The van der Waals surface area contributed by atoms with E-state index in [-0.39, 0.29) is 12.1 Å². The average Bonchev–Trinajstić information content (AvgIpc) is 2.33. The van der Waals surface area contributed by atoms with Crippen LogP contribution in [-0.4, -0.2) is 17.6 Å². The van der Waals surface area contributed by atoms with E-state index in [0.29, 0.717) is 12.8 Å². The quantitative estimate of drug-likeness (QED) is 0.499. The van der Waals surface area contributed by atoms with Crippen LogP contribution in [-0.2, 0) is 9.53 Å². The maximum Gasteiger partial charge on any atom is 0.326 e. The van der Waals surface area contributed by atoms with Gasteiger partial charge in [0, 0.05) is 0 Å². The first-order valence-electron chi connectivity index (χ1n) is 7.00. The molecule has 0 heterocycles. The van der Waals surface area contributed by atoms with Crippen molar-refractivity contribution in [1.82, 2.24) is 0 Å². The lowest BCUT2D eigenvalue weighted by Crippen LogP contribution is -2.48. The molecule has 0 aromatic heterocycles. The molecule has 0 rings (SSSR count). The topological polar surface area (TPSA) is 52.3 Å². The Kier molecular flexibility index (Phi) is 8.23. The second kappa shape index (κ2) is 8.51. The van der Waals surface area contributed by atoms with E-state index in [1.54, 1.807) is 0 Å². The molecule has 0 spiro atoms. The number of esters is 1. The fraction of sp³-hybridized carbons (Fsp3) is 0.929. The first-order chi connectivity index (χ1) is 8.00. The van der Waals surface area contributed by atoms with E-state index in [1.165, 1.54) is 19.3 Å². The van der Waals surface area contributed by atoms with E-state index < -0.39 is 5.54 Å². The SMILES string of the molecule is CCCCCCC(C)OC(=O)C(N)(CC)CC. The Labute approximate surface area is 106 Å². The van der Waals surface area contributed by atoms with E-state index in [0.717, 1.165) is 12.8 Å². The summed E-state index contributed by atoms with van der Waals surface area (Å²) in [5, 5.41) is 0. The smallest absolute Gasteiger partial charge is 0.326 e. The monoisotopic (exact) mass is 243 g/mol. The first kappa shape index (κ1) is 16.4. The van der Waals surface area contributed by atoms with Gasteiger partial charge in [0.1, 0.15) is 5.54 Å². The Morgan fingerprint density at radius 1 is 1.18 bits per heavy atom. The Hall–Kier alpha value is -0.570. The molecule has 0 aliphatic carbocycles. The normalized spacial score (nSPS) is 13.5. The van der Waals surface area contributed by atoms with Gasteiger partial charge in [0.15, 0.2) is 0 Å². The van der Waals surface area contributed by atoms with Crippen molar-refractivity contribution in [2.24, 2.45) is 5.73 Å². The van der Waals surface area contributed by atoms with E-state index in [4.69, 9.17) is 10.5 Å². The van der Waals surface area contributed by atoms with Gasteiger partial charge in [-0.25, -0.2) is 0 Å². The van der Waals surface area contributed by atoms with E-state index in [1.807, 2.05) is 20.8 Å². The van der Waals surface area contributed by atoms with Gasteiger partial charge in [0.2, 0.25) is 0 Å². The summed E-state index contributed by atoms with van der Waals surface area (Å²) in [6.07, 6.45) is 7.01. The van der Waals surface area contributed by atoms with Crippen molar-refractivity contribution in [3.63, 3.8) is 0 Å². The van der Waals surface area contributed by atoms with Crippen LogP contribution in [0.1, 0.15) is 72.6 Å². The minimum absolute atomic E-state index is 0.0135. The van der Waals surface area contributed by atoms with Crippen LogP contribution in [0.5, 0.6) is 0 Å². The molecule has 0 aliphatic heterocycles. The highest BCUT2D eigenvalue weighted by Gasteiger charge is 2.32. The van der Waals surface area contributed by atoms with Crippen LogP contribution >= 0.6 is 0 Å². The van der Waals surface area contributed by atoms with Crippen LogP contribution < -0.4 is 5.73 Å². The van der Waals surface area contributed by atoms with Crippen LogP contribution in [0, 0.1) is 0 Å². The zero-order valence-corrected chi connectivity index (χ0v) is 11.9. The highest BCUT2D eigenvalue weighted by atomic mass is 16.5. The summed E-state index contributed by atoms with van der Waals surface area (Å²) in [7, 11) is 0. The highest BCUT2D eigenvalue weighted by Crippen LogP contribution is 2.16. The molecule has 17 heavy (non-hydrogen) atoms. The van der Waals surface area contributed by atoms with Crippen molar-refractivity contribution in [1.29, 1.82) is 0 Å². The molecule has 0 saturated heterocycles. The molecule has 102 valence electrons. The number of hydrogen-bond donors (Lipinski definition) is 1. The van der Waals surface area contributed by atoms with Crippen molar-refractivity contribution in [3.05, 3.63) is 0 Å². The third kappa shape index (κ3) is 6.06. The molecule has 3 heteroatoms. The van der Waals surface area contributed by atoms with Crippen molar-refractivity contribution in [2.45, 2.75) is 84.3 Å². The third-order valence-electron chi connectivity index (χ3n) is 3.44. The zero-order valence-electron chi connectivity index (χ0n) is 11.9. The van der Waals surface area contributed by atoms with Gasteiger partial charge in [0.25, 0.3) is 0 Å². The average molecular weight is 243 g/mol. The van der Waals surface area contributed by atoms with Gasteiger partial charge in [0.05, 0.1) is 6.10 Å². The summed E-state index contributed by atoms with van der Waals surface area (Å²) in [6.45, 7) is 8.00. The Bertz CT molecular complexity index is 212. The van der Waals surface area contributed by atoms with Gasteiger partial charge in [-0.15, -0.1) is 0 Å². The maximum atomic E-state index is 11.9. The number of unbranched alkanes of at least 4 members (excludes halogenated alkanes) is 3. The van der Waals surface area contributed by atoms with E-state index >= 15 is 0 Å². The third-order valence-corrected chi connectivity index (χ3v) is 3.44. The van der Waals surface area contributed by atoms with Gasteiger partial charge >= 0.3 is 5.97 Å². The van der Waals surface area contributed by atoms with Gasteiger partial charge in [-0.2, -0.15) is 0 Å². The van der Waals surface area contributed by atoms with Crippen LogP contribution in [0.4, 0.5) is 0 Å². The molecular weight excluding hydrogens is 214 g/mol. The number of hydrogen-bond acceptors (Lipinski definition) is 3. The lowest BCUT2D eigenvalue weighted by molar-refractivity contribution is -0.155. The Morgan fingerprint density at radius 3 is 2.24 bits per heavy atom. The van der Waals surface area contributed by atoms with Gasteiger partial charge < -0.3 is 10.5 Å². The molecule has 3 nitrogen and oxygen atoms in total. The Morgan fingerprint density at radius 2 is 1.76 bits per heavy atom. The van der Waals surface area contributed by atoms with Crippen molar-refractivity contribution in [3.8, 4) is 0 Å². The van der Waals surface area contributed by atoms with Crippen molar-refractivity contribution in [2.75, 3.05) is 0 Å². The summed E-state index contributed by atoms with van der Waals surface area (Å²) < 4.78 is 5.41. The highest BCUT2D eigenvalue weighted by molar-refractivity contribution is 5.80. The van der Waals surface area contributed by atoms with Crippen LogP contribution in [0.3, 0.4) is 0 Å². The van der Waals surface area contributed by atoms with Gasteiger partial charge in [-0.05, 0) is 32.6 Å². The summed E-state index contributed by atoms with van der Waals surface area (Å²) in [5.41, 5.74) is 5.20.